The Morgan fingerprint density at radius 1 is 1.37 bits per heavy atom. The number of carbonyl (C=O) groups is 2. The molecule has 19 heavy (non-hydrogen) atoms. The van der Waals surface area contributed by atoms with Crippen LogP contribution in [0.15, 0.2) is 18.2 Å². The summed E-state index contributed by atoms with van der Waals surface area (Å²) in [6, 6.07) is 4.70. The smallest absolute Gasteiger partial charge is 0.308 e. The van der Waals surface area contributed by atoms with Gasteiger partial charge in [-0.1, -0.05) is 13.0 Å². The van der Waals surface area contributed by atoms with Gasteiger partial charge in [0.15, 0.2) is 0 Å². The molecule has 2 N–H and O–H groups in total. The molecule has 1 aromatic rings. The first-order valence-corrected chi connectivity index (χ1v) is 6.18. The number of hydrogen-bond acceptors (Lipinski definition) is 3. The molecule has 0 radical (unpaired) electrons. The summed E-state index contributed by atoms with van der Waals surface area (Å²) in [7, 11) is 0. The van der Waals surface area contributed by atoms with Crippen LogP contribution in [0.1, 0.15) is 29.8 Å². The van der Waals surface area contributed by atoms with E-state index in [-0.39, 0.29) is 18.2 Å². The third-order valence-electron chi connectivity index (χ3n) is 3.04. The fraction of sp³-hybridized carbons (Fsp3) is 0.429. The van der Waals surface area contributed by atoms with Crippen molar-refractivity contribution in [3.63, 3.8) is 0 Å². The number of phenolic OH excluding ortho intramolecular Hbond substituents is 1. The van der Waals surface area contributed by atoms with E-state index in [2.05, 4.69) is 0 Å². The maximum Gasteiger partial charge on any atom is 0.308 e. The van der Waals surface area contributed by atoms with E-state index < -0.39 is 11.9 Å². The Morgan fingerprint density at radius 2 is 2.00 bits per heavy atom. The Hall–Kier alpha value is -2.04. The van der Waals surface area contributed by atoms with E-state index in [1.165, 1.54) is 11.0 Å². The number of aryl methyl sites for hydroxylation is 1. The van der Waals surface area contributed by atoms with Gasteiger partial charge in [-0.15, -0.1) is 0 Å². The Labute approximate surface area is 112 Å². The zero-order valence-electron chi connectivity index (χ0n) is 11.4. The van der Waals surface area contributed by atoms with Crippen molar-refractivity contribution in [1.29, 1.82) is 0 Å². The standard InChI is InChI=1S/C14H19NO4/c1-4-15(8-10(3)14(18)19)13(17)11-6-5-9(2)12(16)7-11/h5-7,10,16H,4,8H2,1-3H3,(H,18,19). The molecule has 0 saturated carbocycles. The first-order valence-electron chi connectivity index (χ1n) is 6.18. The highest BCUT2D eigenvalue weighted by Gasteiger charge is 2.20. The van der Waals surface area contributed by atoms with Crippen LogP contribution in [0.2, 0.25) is 0 Å². The maximum atomic E-state index is 12.2. The highest BCUT2D eigenvalue weighted by atomic mass is 16.4. The number of aliphatic carboxylic acids is 1. The molecule has 0 aliphatic heterocycles. The van der Waals surface area contributed by atoms with Crippen LogP contribution < -0.4 is 0 Å². The summed E-state index contributed by atoms with van der Waals surface area (Å²) < 4.78 is 0. The van der Waals surface area contributed by atoms with Crippen LogP contribution in [-0.2, 0) is 4.79 Å². The van der Waals surface area contributed by atoms with Gasteiger partial charge in [0, 0.05) is 18.7 Å². The van der Waals surface area contributed by atoms with Crippen LogP contribution in [0.4, 0.5) is 0 Å². The summed E-state index contributed by atoms with van der Waals surface area (Å²) in [6.45, 7) is 5.67. The lowest BCUT2D eigenvalue weighted by molar-refractivity contribution is -0.141. The molecule has 104 valence electrons. The summed E-state index contributed by atoms with van der Waals surface area (Å²) >= 11 is 0. The fourth-order valence-electron chi connectivity index (χ4n) is 1.69. The average Bonchev–Trinajstić information content (AvgIpc) is 2.37. The number of carbonyl (C=O) groups excluding carboxylic acids is 1. The van der Waals surface area contributed by atoms with Crippen LogP contribution in [0.3, 0.4) is 0 Å². The molecule has 5 heteroatoms. The minimum atomic E-state index is -0.932. The van der Waals surface area contributed by atoms with Crippen molar-refractivity contribution < 1.29 is 19.8 Å². The number of nitrogens with zero attached hydrogens (tertiary/aromatic N) is 1. The van der Waals surface area contributed by atoms with Crippen LogP contribution in [0, 0.1) is 12.8 Å². The van der Waals surface area contributed by atoms with Crippen LogP contribution in [0.5, 0.6) is 5.75 Å². The van der Waals surface area contributed by atoms with Gasteiger partial charge in [-0.2, -0.15) is 0 Å². The molecule has 1 rings (SSSR count). The van der Waals surface area contributed by atoms with Crippen molar-refractivity contribution in [3.8, 4) is 5.75 Å². The van der Waals surface area contributed by atoms with Crippen molar-refractivity contribution in [2.75, 3.05) is 13.1 Å². The van der Waals surface area contributed by atoms with Crippen LogP contribution in [0.25, 0.3) is 0 Å². The Kier molecular flexibility index (Phi) is 4.92. The second-order valence-corrected chi connectivity index (χ2v) is 4.58. The first-order chi connectivity index (χ1) is 8.86. The van der Waals surface area contributed by atoms with Gasteiger partial charge >= 0.3 is 5.97 Å². The van der Waals surface area contributed by atoms with Crippen molar-refractivity contribution >= 4 is 11.9 Å². The highest BCUT2D eigenvalue weighted by molar-refractivity contribution is 5.95. The van der Waals surface area contributed by atoms with Crippen molar-refractivity contribution in [3.05, 3.63) is 29.3 Å². The topological polar surface area (TPSA) is 77.8 Å². The number of phenols is 1. The van der Waals surface area contributed by atoms with E-state index in [9.17, 15) is 14.7 Å². The summed E-state index contributed by atoms with van der Waals surface area (Å²) in [5.74, 6) is -1.76. The van der Waals surface area contributed by atoms with Gasteiger partial charge in [-0.3, -0.25) is 9.59 Å². The lowest BCUT2D eigenvalue weighted by Crippen LogP contribution is -2.36. The number of rotatable bonds is 5. The lowest BCUT2D eigenvalue weighted by atomic mass is 10.1. The molecule has 5 nitrogen and oxygen atoms in total. The van der Waals surface area contributed by atoms with Gasteiger partial charge in [0.25, 0.3) is 5.91 Å². The van der Waals surface area contributed by atoms with Crippen molar-refractivity contribution in [2.45, 2.75) is 20.8 Å². The third-order valence-corrected chi connectivity index (χ3v) is 3.04. The largest absolute Gasteiger partial charge is 0.508 e. The van der Waals surface area contributed by atoms with Gasteiger partial charge in [-0.05, 0) is 31.5 Å². The summed E-state index contributed by atoms with van der Waals surface area (Å²) in [6.07, 6.45) is 0. The molecule has 0 aliphatic rings. The van der Waals surface area contributed by atoms with E-state index in [0.29, 0.717) is 17.7 Å². The quantitative estimate of drug-likeness (QED) is 0.852. The molecule has 1 aromatic carbocycles. The lowest BCUT2D eigenvalue weighted by Gasteiger charge is -2.23. The minimum absolute atomic E-state index is 0.0631. The molecule has 1 unspecified atom stereocenters. The Bertz CT molecular complexity index is 484. The summed E-state index contributed by atoms with van der Waals surface area (Å²) in [4.78, 5) is 24.5. The predicted molar refractivity (Wildman–Crippen MR) is 71.2 cm³/mol. The molecule has 1 atom stereocenters. The SMILES string of the molecule is CCN(CC(C)C(=O)O)C(=O)c1ccc(C)c(O)c1. The van der Waals surface area contributed by atoms with Crippen LogP contribution >= 0.6 is 0 Å². The molecule has 0 saturated heterocycles. The van der Waals surface area contributed by atoms with Gasteiger partial charge in [0.05, 0.1) is 5.92 Å². The number of benzene rings is 1. The Balaban J connectivity index is 2.89. The normalized spacial score (nSPS) is 11.9. The number of amides is 1. The number of carboxylic acids is 1. The fourth-order valence-corrected chi connectivity index (χ4v) is 1.69. The van der Waals surface area contributed by atoms with E-state index >= 15 is 0 Å². The second kappa shape index (κ2) is 6.22. The average molecular weight is 265 g/mol. The highest BCUT2D eigenvalue weighted by Crippen LogP contribution is 2.19. The first kappa shape index (κ1) is 15.0. The second-order valence-electron chi connectivity index (χ2n) is 4.58. The summed E-state index contributed by atoms with van der Waals surface area (Å²) in [5, 5.41) is 18.5. The number of aromatic hydroxyl groups is 1. The monoisotopic (exact) mass is 265 g/mol. The van der Waals surface area contributed by atoms with E-state index in [1.54, 1.807) is 32.9 Å². The third kappa shape index (κ3) is 3.71. The Morgan fingerprint density at radius 3 is 2.47 bits per heavy atom. The number of hydrogen-bond donors (Lipinski definition) is 2. The number of carboxylic acid groups (broad SMARTS) is 1. The molecule has 0 bridgehead atoms. The summed E-state index contributed by atoms with van der Waals surface area (Å²) in [5.41, 5.74) is 1.06. The molecular weight excluding hydrogens is 246 g/mol. The van der Waals surface area contributed by atoms with Crippen molar-refractivity contribution in [2.24, 2.45) is 5.92 Å². The van der Waals surface area contributed by atoms with Crippen molar-refractivity contribution in [1.82, 2.24) is 4.90 Å². The molecule has 0 aliphatic carbocycles. The molecule has 0 fully saturated rings. The van der Waals surface area contributed by atoms with Gasteiger partial charge in [0.1, 0.15) is 5.75 Å². The minimum Gasteiger partial charge on any atom is -0.508 e. The molecule has 0 aromatic heterocycles. The predicted octanol–water partition coefficient (Wildman–Crippen LogP) is 1.88. The maximum absolute atomic E-state index is 12.2. The van der Waals surface area contributed by atoms with Gasteiger partial charge < -0.3 is 15.1 Å². The molecule has 0 heterocycles. The van der Waals surface area contributed by atoms with E-state index in [4.69, 9.17) is 5.11 Å². The molecular formula is C14H19NO4. The zero-order valence-corrected chi connectivity index (χ0v) is 11.4. The van der Waals surface area contributed by atoms with E-state index in [1.807, 2.05) is 0 Å². The van der Waals surface area contributed by atoms with Gasteiger partial charge in [0.2, 0.25) is 0 Å². The van der Waals surface area contributed by atoms with Crippen LogP contribution in [-0.4, -0.2) is 40.1 Å². The zero-order chi connectivity index (χ0) is 14.6. The van der Waals surface area contributed by atoms with Gasteiger partial charge in [-0.25, -0.2) is 0 Å². The van der Waals surface area contributed by atoms with E-state index in [0.717, 1.165) is 0 Å². The molecule has 1 amide bonds. The molecule has 0 spiro atoms.